The van der Waals surface area contributed by atoms with Gasteiger partial charge in [0.1, 0.15) is 19.1 Å². The minimum Gasteiger partial charge on any atom is -0.496 e. The number of aromatic amines is 1. The molecule has 0 aliphatic heterocycles. The average Bonchev–Trinajstić information content (AvgIpc) is 2.82. The third-order valence-corrected chi connectivity index (χ3v) is 4.13. The Morgan fingerprint density at radius 1 is 1.29 bits per heavy atom. The Morgan fingerprint density at radius 3 is 2.67 bits per heavy atom. The maximum absolute atomic E-state index is 12.3. The van der Waals surface area contributed by atoms with Gasteiger partial charge in [-0.2, -0.15) is 9.97 Å². The standard InChI is InChI=1S/C14H14BClN6O2/c1-5-7(18-10(15)6(2)9(5)24-3)4-22-12-8(19-14(22)23)11(16)20-13(17)21-12/h4H2,1-3H3,(H,19,23)(H2,17,20,21). The van der Waals surface area contributed by atoms with E-state index < -0.39 is 5.69 Å². The quantitative estimate of drug-likeness (QED) is 0.519. The van der Waals surface area contributed by atoms with Gasteiger partial charge in [0, 0.05) is 11.1 Å². The van der Waals surface area contributed by atoms with Crippen LogP contribution in [0.15, 0.2) is 4.79 Å². The summed E-state index contributed by atoms with van der Waals surface area (Å²) in [5, 5.41) is 0.0824. The maximum atomic E-state index is 12.3. The molecule has 3 rings (SSSR count). The average molecular weight is 345 g/mol. The zero-order chi connectivity index (χ0) is 17.6. The summed E-state index contributed by atoms with van der Waals surface area (Å²) < 4.78 is 6.77. The number of anilines is 1. The Labute approximate surface area is 143 Å². The van der Waals surface area contributed by atoms with Crippen molar-refractivity contribution in [3.8, 4) is 5.75 Å². The highest BCUT2D eigenvalue weighted by molar-refractivity contribution is 6.33. The molecule has 3 N–H and O–H groups in total. The van der Waals surface area contributed by atoms with E-state index in [1.165, 1.54) is 4.57 Å². The smallest absolute Gasteiger partial charge is 0.328 e. The molecule has 3 aromatic heterocycles. The first kappa shape index (κ1) is 16.3. The Kier molecular flexibility index (Phi) is 3.96. The molecule has 0 fully saturated rings. The highest BCUT2D eigenvalue weighted by Gasteiger charge is 2.17. The van der Waals surface area contributed by atoms with Gasteiger partial charge in [-0.1, -0.05) is 11.6 Å². The molecule has 8 nitrogen and oxygen atoms in total. The second-order valence-corrected chi connectivity index (χ2v) is 5.67. The van der Waals surface area contributed by atoms with Gasteiger partial charge in [-0.25, -0.2) is 4.79 Å². The number of rotatable bonds is 3. The fourth-order valence-electron chi connectivity index (χ4n) is 2.61. The van der Waals surface area contributed by atoms with E-state index in [-0.39, 0.29) is 17.6 Å². The molecule has 0 bridgehead atoms. The highest BCUT2D eigenvalue weighted by Crippen LogP contribution is 2.24. The number of nitrogens with zero attached hydrogens (tertiary/aromatic N) is 4. The topological polar surface area (TPSA) is 112 Å². The number of H-pyrrole nitrogens is 1. The first-order chi connectivity index (χ1) is 11.3. The highest BCUT2D eigenvalue weighted by atomic mass is 35.5. The minimum atomic E-state index is -0.397. The third-order valence-electron chi connectivity index (χ3n) is 3.86. The van der Waals surface area contributed by atoms with Gasteiger partial charge in [-0.15, -0.1) is 0 Å². The van der Waals surface area contributed by atoms with Crippen LogP contribution in [0.4, 0.5) is 5.95 Å². The van der Waals surface area contributed by atoms with Crippen LogP contribution in [0, 0.1) is 13.8 Å². The molecule has 3 heterocycles. The van der Waals surface area contributed by atoms with Crippen molar-refractivity contribution >= 4 is 42.2 Å². The van der Waals surface area contributed by atoms with E-state index in [9.17, 15) is 4.79 Å². The zero-order valence-corrected chi connectivity index (χ0v) is 14.1. The Hall–Kier alpha value is -2.55. The van der Waals surface area contributed by atoms with Crippen molar-refractivity contribution < 1.29 is 4.74 Å². The summed E-state index contributed by atoms with van der Waals surface area (Å²) in [6.07, 6.45) is 0. The van der Waals surface area contributed by atoms with Gasteiger partial charge in [0.15, 0.2) is 10.8 Å². The van der Waals surface area contributed by atoms with E-state index in [0.29, 0.717) is 28.2 Å². The van der Waals surface area contributed by atoms with Crippen LogP contribution in [0.25, 0.3) is 11.2 Å². The van der Waals surface area contributed by atoms with Crippen molar-refractivity contribution in [3.63, 3.8) is 0 Å². The monoisotopic (exact) mass is 344 g/mol. The molecule has 0 aliphatic carbocycles. The summed E-state index contributed by atoms with van der Waals surface area (Å²) in [7, 11) is 7.50. The van der Waals surface area contributed by atoms with Crippen LogP contribution in [0.2, 0.25) is 5.15 Å². The predicted octanol–water partition coefficient (Wildman–Crippen LogP) is 0.218. The molecule has 3 aromatic rings. The molecule has 0 aliphatic rings. The van der Waals surface area contributed by atoms with Gasteiger partial charge in [0.25, 0.3) is 0 Å². The van der Waals surface area contributed by atoms with Crippen LogP contribution in [-0.4, -0.2) is 39.5 Å². The lowest BCUT2D eigenvalue weighted by atomic mass is 9.95. The molecule has 0 aromatic carbocycles. The van der Waals surface area contributed by atoms with Gasteiger partial charge in [0.2, 0.25) is 5.95 Å². The number of pyridine rings is 1. The second kappa shape index (κ2) is 5.83. The SMILES string of the molecule is [B]c1nc(Cn2c(=O)[nH]c3c(Cl)nc(N)nc32)c(C)c(OC)c1C. The van der Waals surface area contributed by atoms with Crippen molar-refractivity contribution in [2.24, 2.45) is 0 Å². The third kappa shape index (κ3) is 2.50. The molecule has 24 heavy (non-hydrogen) atoms. The number of hydrogen-bond donors (Lipinski definition) is 2. The molecule has 10 heteroatoms. The van der Waals surface area contributed by atoms with Crippen LogP contribution in [-0.2, 0) is 6.54 Å². The normalized spacial score (nSPS) is 11.2. The maximum Gasteiger partial charge on any atom is 0.328 e. The number of hydrogen-bond acceptors (Lipinski definition) is 6. The number of ether oxygens (including phenoxy) is 1. The molecule has 0 spiro atoms. The summed E-state index contributed by atoms with van der Waals surface area (Å²) >= 11 is 6.01. The fourth-order valence-corrected chi connectivity index (χ4v) is 2.83. The van der Waals surface area contributed by atoms with E-state index in [4.69, 9.17) is 29.9 Å². The van der Waals surface area contributed by atoms with E-state index in [1.54, 1.807) is 7.11 Å². The van der Waals surface area contributed by atoms with E-state index >= 15 is 0 Å². The predicted molar refractivity (Wildman–Crippen MR) is 92.3 cm³/mol. The molecular weight excluding hydrogens is 330 g/mol. The summed E-state index contributed by atoms with van der Waals surface area (Å²) in [6.45, 7) is 3.81. The molecule has 2 radical (unpaired) electrons. The molecule has 0 saturated heterocycles. The molecule has 0 unspecified atom stereocenters. The van der Waals surface area contributed by atoms with E-state index in [0.717, 1.165) is 11.1 Å². The number of methoxy groups -OCH3 is 1. The second-order valence-electron chi connectivity index (χ2n) is 5.31. The van der Waals surface area contributed by atoms with Crippen LogP contribution >= 0.6 is 11.6 Å². The molecular formula is C14H14BClN6O2. The van der Waals surface area contributed by atoms with Crippen LogP contribution in [0.5, 0.6) is 5.75 Å². The van der Waals surface area contributed by atoms with Crippen LogP contribution in [0.1, 0.15) is 16.8 Å². The number of aromatic nitrogens is 5. The van der Waals surface area contributed by atoms with Gasteiger partial charge >= 0.3 is 5.69 Å². The van der Waals surface area contributed by atoms with Crippen molar-refractivity contribution in [1.82, 2.24) is 24.5 Å². The van der Waals surface area contributed by atoms with Gasteiger partial charge in [0.05, 0.1) is 19.3 Å². The molecule has 122 valence electrons. The summed E-state index contributed by atoms with van der Waals surface area (Å²) in [5.74, 6) is 0.614. The lowest BCUT2D eigenvalue weighted by Crippen LogP contribution is -2.23. The molecule has 0 amide bonds. The summed E-state index contributed by atoms with van der Waals surface area (Å²) in [4.78, 5) is 27.2. The number of imidazole rings is 1. The van der Waals surface area contributed by atoms with Crippen molar-refractivity contribution in [2.45, 2.75) is 20.4 Å². The van der Waals surface area contributed by atoms with Crippen LogP contribution in [0.3, 0.4) is 0 Å². The Balaban J connectivity index is 2.20. The Bertz CT molecular complexity index is 1010. The largest absolute Gasteiger partial charge is 0.496 e. The summed E-state index contributed by atoms with van der Waals surface area (Å²) in [5.41, 5.74) is 8.32. The zero-order valence-electron chi connectivity index (χ0n) is 13.3. The minimum absolute atomic E-state index is 0.0223. The van der Waals surface area contributed by atoms with Gasteiger partial charge < -0.3 is 15.5 Å². The van der Waals surface area contributed by atoms with Crippen molar-refractivity contribution in [2.75, 3.05) is 12.8 Å². The lowest BCUT2D eigenvalue weighted by molar-refractivity contribution is 0.407. The summed E-state index contributed by atoms with van der Waals surface area (Å²) in [6, 6.07) is 0. The number of nitrogen functional groups attached to an aromatic ring is 1. The van der Waals surface area contributed by atoms with Gasteiger partial charge in [-0.3, -0.25) is 9.55 Å². The van der Waals surface area contributed by atoms with Gasteiger partial charge in [-0.05, 0) is 19.4 Å². The number of fused-ring (bicyclic) bond motifs is 1. The molecule has 0 saturated carbocycles. The number of nitrogens with one attached hydrogen (secondary N) is 1. The fraction of sp³-hybridized carbons (Fsp3) is 0.286. The Morgan fingerprint density at radius 2 is 2.00 bits per heavy atom. The van der Waals surface area contributed by atoms with E-state index in [1.807, 2.05) is 13.8 Å². The number of nitrogens with two attached hydrogens (primary N) is 1. The van der Waals surface area contributed by atoms with E-state index in [2.05, 4.69) is 19.9 Å². The lowest BCUT2D eigenvalue weighted by Gasteiger charge is -2.15. The molecule has 0 atom stereocenters. The number of halogens is 1. The first-order valence-corrected chi connectivity index (χ1v) is 7.42. The van der Waals surface area contributed by atoms with Crippen molar-refractivity contribution in [3.05, 3.63) is 32.5 Å². The van der Waals surface area contributed by atoms with Crippen molar-refractivity contribution in [1.29, 1.82) is 0 Å². The first-order valence-electron chi connectivity index (χ1n) is 7.04. The van der Waals surface area contributed by atoms with Crippen LogP contribution < -0.4 is 21.8 Å².